The molecule has 0 saturated carbocycles. The minimum Gasteiger partial charge on any atom is -0.355 e. The van der Waals surface area contributed by atoms with Gasteiger partial charge in [-0.1, -0.05) is 37.3 Å². The van der Waals surface area contributed by atoms with Gasteiger partial charge in [0.1, 0.15) is 12.1 Å². The summed E-state index contributed by atoms with van der Waals surface area (Å²) in [6.45, 7) is 5.05. The number of nitrogens with one attached hydrogen (secondary N) is 1. The number of hydrogen-bond donors (Lipinski definition) is 1. The van der Waals surface area contributed by atoms with Crippen LogP contribution in [0.3, 0.4) is 0 Å². The molecular formula is C26H33N7O2. The molecule has 2 aliphatic rings. The first-order chi connectivity index (χ1) is 17.1. The van der Waals surface area contributed by atoms with Crippen molar-refractivity contribution in [2.45, 2.75) is 51.0 Å². The molecule has 2 aromatic heterocycles. The number of fused-ring (bicyclic) bond motifs is 1. The Hall–Kier alpha value is -3.49. The van der Waals surface area contributed by atoms with Crippen molar-refractivity contribution in [3.8, 4) is 0 Å². The van der Waals surface area contributed by atoms with Gasteiger partial charge in [-0.15, -0.1) is 15.3 Å². The van der Waals surface area contributed by atoms with Gasteiger partial charge in [-0.2, -0.15) is 4.52 Å². The summed E-state index contributed by atoms with van der Waals surface area (Å²) >= 11 is 0. The zero-order valence-electron chi connectivity index (χ0n) is 20.2. The van der Waals surface area contributed by atoms with Crippen LogP contribution in [0.4, 0.5) is 5.82 Å². The van der Waals surface area contributed by atoms with Gasteiger partial charge < -0.3 is 15.1 Å². The minimum absolute atomic E-state index is 0.0205. The van der Waals surface area contributed by atoms with Crippen molar-refractivity contribution in [1.82, 2.24) is 30.0 Å². The molecule has 2 amide bonds. The van der Waals surface area contributed by atoms with Gasteiger partial charge in [0.15, 0.2) is 5.65 Å². The van der Waals surface area contributed by atoms with E-state index < -0.39 is 0 Å². The van der Waals surface area contributed by atoms with Crippen LogP contribution in [0.5, 0.6) is 0 Å². The molecule has 4 heterocycles. The Balaban J connectivity index is 1.08. The number of hydrogen-bond acceptors (Lipinski definition) is 6. The fourth-order valence-electron chi connectivity index (χ4n) is 5.28. The minimum atomic E-state index is -0.0900. The van der Waals surface area contributed by atoms with E-state index >= 15 is 0 Å². The van der Waals surface area contributed by atoms with E-state index in [0.29, 0.717) is 13.1 Å². The highest BCUT2D eigenvalue weighted by atomic mass is 16.2. The van der Waals surface area contributed by atoms with E-state index in [4.69, 9.17) is 0 Å². The maximum atomic E-state index is 13.1. The predicted octanol–water partition coefficient (Wildman–Crippen LogP) is 2.64. The maximum Gasteiger partial charge on any atom is 0.230 e. The molecule has 1 N–H and O–H groups in total. The quantitative estimate of drug-likeness (QED) is 0.589. The highest BCUT2D eigenvalue weighted by molar-refractivity contribution is 5.84. The first kappa shape index (κ1) is 23.3. The highest BCUT2D eigenvalue weighted by Crippen LogP contribution is 2.25. The number of rotatable bonds is 6. The lowest BCUT2D eigenvalue weighted by molar-refractivity contribution is -0.134. The average Bonchev–Trinajstić information content (AvgIpc) is 3.38. The van der Waals surface area contributed by atoms with E-state index in [2.05, 4.69) is 32.4 Å². The molecule has 1 atom stereocenters. The molecule has 9 heteroatoms. The Morgan fingerprint density at radius 1 is 1.00 bits per heavy atom. The largest absolute Gasteiger partial charge is 0.355 e. The zero-order valence-corrected chi connectivity index (χ0v) is 20.2. The van der Waals surface area contributed by atoms with Crippen molar-refractivity contribution in [1.29, 1.82) is 0 Å². The number of likely N-dealkylation sites (tertiary alicyclic amines) is 1. The van der Waals surface area contributed by atoms with Crippen molar-refractivity contribution in [2.24, 2.45) is 5.92 Å². The number of carbonyl (C=O) groups is 2. The molecule has 0 spiro atoms. The molecule has 1 aromatic carbocycles. The van der Waals surface area contributed by atoms with E-state index in [1.807, 2.05) is 47.4 Å². The van der Waals surface area contributed by atoms with E-state index in [9.17, 15) is 9.59 Å². The maximum absolute atomic E-state index is 13.1. The third-order valence-corrected chi connectivity index (χ3v) is 7.40. The number of carbonyl (C=O) groups excluding carboxylic acids is 2. The van der Waals surface area contributed by atoms with Crippen LogP contribution >= 0.6 is 0 Å². The first-order valence-corrected chi connectivity index (χ1v) is 12.7. The summed E-state index contributed by atoms with van der Waals surface area (Å²) in [6.07, 6.45) is 5.62. The Kier molecular flexibility index (Phi) is 6.92. The fourth-order valence-corrected chi connectivity index (χ4v) is 5.28. The molecule has 9 nitrogen and oxygen atoms in total. The van der Waals surface area contributed by atoms with Crippen LogP contribution in [0.2, 0.25) is 0 Å². The van der Waals surface area contributed by atoms with E-state index in [-0.39, 0.29) is 29.7 Å². The second-order valence-electron chi connectivity index (χ2n) is 9.57. The van der Waals surface area contributed by atoms with Crippen molar-refractivity contribution in [3.63, 3.8) is 0 Å². The standard InChI is InChI=1S/C26H33N7O2/c1-2-22(19-6-4-3-5-7-19)26(35)32-16-12-21(13-17-32)28-25(34)20-10-14-31(15-11-20)24-9-8-23-29-27-18-33(23)30-24/h3-9,18,20-22H,2,10-17H2,1H3,(H,28,34). The highest BCUT2D eigenvalue weighted by Gasteiger charge is 2.31. The molecule has 2 saturated heterocycles. The third-order valence-electron chi connectivity index (χ3n) is 7.40. The number of piperidine rings is 2. The summed E-state index contributed by atoms with van der Waals surface area (Å²) in [5, 5.41) is 15.7. The van der Waals surface area contributed by atoms with Crippen molar-refractivity contribution in [3.05, 3.63) is 54.4 Å². The topological polar surface area (TPSA) is 95.7 Å². The third kappa shape index (κ3) is 5.13. The smallest absolute Gasteiger partial charge is 0.230 e. The number of aromatic nitrogens is 4. The van der Waals surface area contributed by atoms with Crippen LogP contribution in [-0.4, -0.2) is 68.7 Å². The zero-order chi connectivity index (χ0) is 24.2. The second kappa shape index (κ2) is 10.4. The van der Waals surface area contributed by atoms with Crippen molar-refractivity contribution < 1.29 is 9.59 Å². The summed E-state index contributed by atoms with van der Waals surface area (Å²) in [6, 6.07) is 14.0. The van der Waals surface area contributed by atoms with Gasteiger partial charge in [0.2, 0.25) is 11.8 Å². The molecule has 2 aliphatic heterocycles. The Labute approximate surface area is 205 Å². The van der Waals surface area contributed by atoms with Gasteiger partial charge in [-0.3, -0.25) is 9.59 Å². The Morgan fingerprint density at radius 3 is 2.46 bits per heavy atom. The van der Waals surface area contributed by atoms with Crippen LogP contribution in [-0.2, 0) is 9.59 Å². The molecular weight excluding hydrogens is 442 g/mol. The average molecular weight is 476 g/mol. The van der Waals surface area contributed by atoms with Crippen molar-refractivity contribution >= 4 is 23.3 Å². The van der Waals surface area contributed by atoms with E-state index in [0.717, 1.165) is 62.2 Å². The molecule has 35 heavy (non-hydrogen) atoms. The number of benzene rings is 1. The van der Waals surface area contributed by atoms with Gasteiger partial charge >= 0.3 is 0 Å². The summed E-state index contributed by atoms with van der Waals surface area (Å²) in [7, 11) is 0. The summed E-state index contributed by atoms with van der Waals surface area (Å²) in [5.41, 5.74) is 1.81. The van der Waals surface area contributed by atoms with E-state index in [1.165, 1.54) is 0 Å². The van der Waals surface area contributed by atoms with Crippen LogP contribution in [0.25, 0.3) is 5.65 Å². The SMILES string of the molecule is CCC(C(=O)N1CCC(NC(=O)C2CCN(c3ccc4nncn4n3)CC2)CC1)c1ccccc1. The van der Waals surface area contributed by atoms with E-state index in [1.54, 1.807) is 10.8 Å². The van der Waals surface area contributed by atoms with Crippen LogP contribution in [0.1, 0.15) is 50.5 Å². The predicted molar refractivity (Wildman–Crippen MR) is 133 cm³/mol. The molecule has 0 bridgehead atoms. The Morgan fingerprint density at radius 2 is 1.74 bits per heavy atom. The molecule has 2 fully saturated rings. The van der Waals surface area contributed by atoms with Gasteiger partial charge in [0.25, 0.3) is 0 Å². The second-order valence-corrected chi connectivity index (χ2v) is 9.57. The van der Waals surface area contributed by atoms with Crippen LogP contribution < -0.4 is 10.2 Å². The lowest BCUT2D eigenvalue weighted by Gasteiger charge is -2.36. The van der Waals surface area contributed by atoms with Crippen LogP contribution in [0, 0.1) is 5.92 Å². The monoisotopic (exact) mass is 475 g/mol. The van der Waals surface area contributed by atoms with Gasteiger partial charge in [0.05, 0.1) is 5.92 Å². The van der Waals surface area contributed by atoms with Gasteiger partial charge in [-0.25, -0.2) is 0 Å². The van der Waals surface area contributed by atoms with Crippen LogP contribution in [0.15, 0.2) is 48.8 Å². The summed E-state index contributed by atoms with van der Waals surface area (Å²) < 4.78 is 1.67. The summed E-state index contributed by atoms with van der Waals surface area (Å²) in [4.78, 5) is 30.3. The summed E-state index contributed by atoms with van der Waals surface area (Å²) in [5.74, 6) is 1.16. The van der Waals surface area contributed by atoms with Gasteiger partial charge in [-0.05, 0) is 49.8 Å². The number of anilines is 1. The molecule has 1 unspecified atom stereocenters. The molecule has 3 aromatic rings. The Bertz CT molecular complexity index is 1150. The number of amides is 2. The lowest BCUT2D eigenvalue weighted by Crippen LogP contribution is -2.50. The first-order valence-electron chi connectivity index (χ1n) is 12.7. The normalized spacial score (nSPS) is 18.5. The molecule has 5 rings (SSSR count). The molecule has 0 aliphatic carbocycles. The molecule has 0 radical (unpaired) electrons. The fraction of sp³-hybridized carbons (Fsp3) is 0.500. The lowest BCUT2D eigenvalue weighted by atomic mass is 9.93. The van der Waals surface area contributed by atoms with Gasteiger partial charge in [0, 0.05) is 38.1 Å². The number of nitrogens with zero attached hydrogens (tertiary/aromatic N) is 6. The molecule has 184 valence electrons. The van der Waals surface area contributed by atoms with Crippen molar-refractivity contribution in [2.75, 3.05) is 31.1 Å².